The molecule has 1 aromatic heterocycles. The van der Waals surface area contributed by atoms with Gasteiger partial charge in [-0.25, -0.2) is 8.42 Å². The summed E-state index contributed by atoms with van der Waals surface area (Å²) in [5, 5.41) is 9.52. The Morgan fingerprint density at radius 1 is 1.56 bits per heavy atom. The second kappa shape index (κ2) is 3.68. The third kappa shape index (κ3) is 2.00. The molecule has 0 spiro atoms. The molecule has 0 amide bonds. The van der Waals surface area contributed by atoms with E-state index in [1.807, 2.05) is 0 Å². The minimum absolute atomic E-state index is 0.143. The van der Waals surface area contributed by atoms with Crippen molar-refractivity contribution in [2.75, 3.05) is 13.1 Å². The molecule has 90 valence electrons. The summed E-state index contributed by atoms with van der Waals surface area (Å²) in [5.41, 5.74) is -0.138. The fourth-order valence-electron chi connectivity index (χ4n) is 1.57. The smallest absolute Gasteiger partial charge is 0.252 e. The zero-order valence-corrected chi connectivity index (χ0v) is 11.3. The van der Waals surface area contributed by atoms with E-state index in [0.29, 0.717) is 4.34 Å². The van der Waals surface area contributed by atoms with Gasteiger partial charge in [-0.3, -0.25) is 0 Å². The van der Waals surface area contributed by atoms with Gasteiger partial charge in [0.15, 0.2) is 0 Å². The van der Waals surface area contributed by atoms with Gasteiger partial charge < -0.3 is 5.11 Å². The van der Waals surface area contributed by atoms with Gasteiger partial charge in [-0.15, -0.1) is 11.3 Å². The van der Waals surface area contributed by atoms with E-state index in [-0.39, 0.29) is 17.3 Å². The fourth-order valence-corrected chi connectivity index (χ4v) is 5.11. The van der Waals surface area contributed by atoms with Gasteiger partial charge >= 0.3 is 0 Å². The summed E-state index contributed by atoms with van der Waals surface area (Å²) in [4.78, 5) is 0. The Hall–Kier alpha value is -0.140. The second-order valence-corrected chi connectivity index (χ2v) is 8.11. The first kappa shape index (κ1) is 12.3. The minimum atomic E-state index is -3.47. The number of aliphatic hydroxyl groups is 1. The van der Waals surface area contributed by atoms with Crippen LogP contribution in [-0.2, 0) is 10.0 Å². The van der Waals surface area contributed by atoms with Crippen molar-refractivity contribution < 1.29 is 13.5 Å². The maximum atomic E-state index is 12.0. The Morgan fingerprint density at radius 3 is 2.50 bits per heavy atom. The Kier molecular flexibility index (Phi) is 2.83. The summed E-state index contributed by atoms with van der Waals surface area (Å²) in [6, 6.07) is 1.56. The monoisotopic (exact) mass is 281 g/mol. The highest BCUT2D eigenvalue weighted by Gasteiger charge is 2.44. The number of rotatable bonds is 2. The molecule has 1 fully saturated rings. The van der Waals surface area contributed by atoms with E-state index in [0.717, 1.165) is 16.9 Å². The topological polar surface area (TPSA) is 57.6 Å². The van der Waals surface area contributed by atoms with Crippen molar-refractivity contribution in [3.8, 4) is 0 Å². The number of halogens is 1. The molecule has 2 rings (SSSR count). The van der Waals surface area contributed by atoms with Gasteiger partial charge in [-0.2, -0.15) is 4.31 Å². The van der Waals surface area contributed by atoms with Crippen LogP contribution in [0.1, 0.15) is 12.5 Å². The molecule has 0 bridgehead atoms. The molecular formula is C9H12ClNO3S2. The van der Waals surface area contributed by atoms with E-state index in [9.17, 15) is 13.5 Å². The second-order valence-electron chi connectivity index (χ2n) is 4.29. The largest absolute Gasteiger partial charge is 0.387 e. The van der Waals surface area contributed by atoms with Crippen molar-refractivity contribution in [2.24, 2.45) is 0 Å². The number of aryl methyl sites for hydroxylation is 1. The van der Waals surface area contributed by atoms with Crippen LogP contribution in [0.4, 0.5) is 0 Å². The highest BCUT2D eigenvalue weighted by molar-refractivity contribution is 7.91. The van der Waals surface area contributed by atoms with Crippen molar-refractivity contribution in [2.45, 2.75) is 23.7 Å². The number of hydrogen-bond donors (Lipinski definition) is 1. The molecule has 7 heteroatoms. The molecule has 0 aromatic carbocycles. The van der Waals surface area contributed by atoms with Gasteiger partial charge in [0.2, 0.25) is 0 Å². The predicted molar refractivity (Wildman–Crippen MR) is 63.4 cm³/mol. The van der Waals surface area contributed by atoms with E-state index in [2.05, 4.69) is 0 Å². The summed E-state index contributed by atoms with van der Waals surface area (Å²) in [6.07, 6.45) is 0. The third-order valence-corrected chi connectivity index (χ3v) is 6.26. The molecule has 1 aromatic rings. The summed E-state index contributed by atoms with van der Waals surface area (Å²) in [6.45, 7) is 3.67. The lowest BCUT2D eigenvalue weighted by Crippen LogP contribution is -2.61. The van der Waals surface area contributed by atoms with Crippen LogP contribution in [0.5, 0.6) is 0 Å². The molecule has 1 saturated heterocycles. The van der Waals surface area contributed by atoms with Crippen LogP contribution in [-0.4, -0.2) is 36.5 Å². The molecule has 0 saturated carbocycles. The minimum Gasteiger partial charge on any atom is -0.387 e. The highest BCUT2D eigenvalue weighted by atomic mass is 35.5. The quantitative estimate of drug-likeness (QED) is 0.893. The Morgan fingerprint density at radius 2 is 2.12 bits per heavy atom. The zero-order valence-electron chi connectivity index (χ0n) is 8.90. The number of nitrogens with zero attached hydrogens (tertiary/aromatic N) is 1. The van der Waals surface area contributed by atoms with E-state index in [4.69, 9.17) is 11.6 Å². The van der Waals surface area contributed by atoms with Crippen molar-refractivity contribution in [1.82, 2.24) is 4.31 Å². The molecule has 0 unspecified atom stereocenters. The van der Waals surface area contributed by atoms with Gasteiger partial charge in [0.25, 0.3) is 10.0 Å². The summed E-state index contributed by atoms with van der Waals surface area (Å²) in [7, 11) is -3.47. The predicted octanol–water partition coefficient (Wildman–Crippen LogP) is 1.47. The normalized spacial score (nSPS) is 20.8. The van der Waals surface area contributed by atoms with Gasteiger partial charge in [-0.1, -0.05) is 11.6 Å². The van der Waals surface area contributed by atoms with Crippen LogP contribution in [0.3, 0.4) is 0 Å². The van der Waals surface area contributed by atoms with Crippen LogP contribution in [0, 0.1) is 6.92 Å². The summed E-state index contributed by atoms with van der Waals surface area (Å²) >= 11 is 6.90. The number of hydrogen-bond acceptors (Lipinski definition) is 4. The first-order valence-corrected chi connectivity index (χ1v) is 7.34. The molecule has 4 nitrogen and oxygen atoms in total. The molecule has 1 aliphatic heterocycles. The first-order valence-electron chi connectivity index (χ1n) is 4.71. The number of β-amino-alcohol motifs (C(OH)–C–C–N with tert-alkyl or cyclic N) is 1. The molecular weight excluding hydrogens is 270 g/mol. The van der Waals surface area contributed by atoms with Gasteiger partial charge in [0, 0.05) is 13.1 Å². The number of sulfonamides is 1. The SMILES string of the molecule is Cc1cc(S(=O)(=O)N2CC(C)(O)C2)sc1Cl. The first-order chi connectivity index (χ1) is 7.22. The molecule has 0 radical (unpaired) electrons. The standard InChI is InChI=1S/C9H12ClNO3S2/c1-6-3-7(15-8(6)10)16(13,14)11-4-9(2,12)5-11/h3,12H,4-5H2,1-2H3. The maximum Gasteiger partial charge on any atom is 0.252 e. The van der Waals surface area contributed by atoms with Crippen molar-refractivity contribution >= 4 is 33.0 Å². The molecule has 2 heterocycles. The number of thiophene rings is 1. The summed E-state index contributed by atoms with van der Waals surface area (Å²) in [5.74, 6) is 0. The van der Waals surface area contributed by atoms with Crippen LogP contribution in [0.25, 0.3) is 0 Å². The van der Waals surface area contributed by atoms with Gasteiger partial charge in [-0.05, 0) is 25.5 Å². The van der Waals surface area contributed by atoms with Crippen molar-refractivity contribution in [1.29, 1.82) is 0 Å². The zero-order chi connectivity index (χ0) is 12.1. The third-order valence-electron chi connectivity index (χ3n) is 2.46. The van der Waals surface area contributed by atoms with Crippen LogP contribution in [0.2, 0.25) is 4.34 Å². The molecule has 1 aliphatic rings. The maximum absolute atomic E-state index is 12.0. The molecule has 1 N–H and O–H groups in total. The van der Waals surface area contributed by atoms with E-state index < -0.39 is 15.6 Å². The molecule has 16 heavy (non-hydrogen) atoms. The average molecular weight is 282 g/mol. The fraction of sp³-hybridized carbons (Fsp3) is 0.556. The molecule has 0 atom stereocenters. The van der Waals surface area contributed by atoms with Crippen molar-refractivity contribution in [3.05, 3.63) is 16.0 Å². The highest BCUT2D eigenvalue weighted by Crippen LogP contribution is 2.35. The van der Waals surface area contributed by atoms with E-state index in [1.165, 1.54) is 4.31 Å². The van der Waals surface area contributed by atoms with E-state index >= 15 is 0 Å². The lowest BCUT2D eigenvalue weighted by atomic mass is 10.0. The van der Waals surface area contributed by atoms with Crippen LogP contribution >= 0.6 is 22.9 Å². The van der Waals surface area contributed by atoms with Gasteiger partial charge in [0.05, 0.1) is 9.94 Å². The lowest BCUT2D eigenvalue weighted by Gasteiger charge is -2.42. The average Bonchev–Trinajstić information content (AvgIpc) is 2.43. The Balaban J connectivity index is 2.27. The summed E-state index contributed by atoms with van der Waals surface area (Å²) < 4.78 is 26.1. The van der Waals surface area contributed by atoms with Gasteiger partial charge in [0.1, 0.15) is 4.21 Å². The Labute approximate surface area is 104 Å². The molecule has 0 aliphatic carbocycles. The lowest BCUT2D eigenvalue weighted by molar-refractivity contribution is -0.0425. The van der Waals surface area contributed by atoms with Crippen molar-refractivity contribution in [3.63, 3.8) is 0 Å². The Bertz CT molecular complexity index is 493. The van der Waals surface area contributed by atoms with Crippen LogP contribution < -0.4 is 0 Å². The van der Waals surface area contributed by atoms with Crippen LogP contribution in [0.15, 0.2) is 10.3 Å². The van der Waals surface area contributed by atoms with E-state index in [1.54, 1.807) is 19.9 Å².